The molecule has 0 aliphatic carbocycles. The third-order valence-electron chi connectivity index (χ3n) is 3.40. The lowest BCUT2D eigenvalue weighted by molar-refractivity contribution is 0.0696. The van der Waals surface area contributed by atoms with Crippen LogP contribution in [-0.4, -0.2) is 26.0 Å². The van der Waals surface area contributed by atoms with E-state index in [1.807, 2.05) is 0 Å². The number of carboxylic acid groups (broad SMARTS) is 1. The summed E-state index contributed by atoms with van der Waals surface area (Å²) in [7, 11) is -3.58. The average molecular weight is 354 g/mol. The van der Waals surface area contributed by atoms with Crippen LogP contribution < -0.4 is 4.72 Å². The van der Waals surface area contributed by atoms with Crippen molar-refractivity contribution >= 4 is 27.6 Å². The molecule has 2 aromatic carbocycles. The molecule has 122 valence electrons. The monoisotopic (exact) mass is 353 g/mol. The number of hydrogen-bond donors (Lipinski definition) is 2. The molecule has 0 saturated heterocycles. The first-order valence-electron chi connectivity index (χ1n) is 6.87. The summed E-state index contributed by atoms with van der Waals surface area (Å²) in [6.07, 6.45) is 0.471. The highest BCUT2D eigenvalue weighted by Crippen LogP contribution is 2.15. The SMILES string of the molecule is Cc1cc(C(=O)O)ccc1CCNS(=O)(=O)c1ccc(Cl)cc1. The molecule has 5 nitrogen and oxygen atoms in total. The van der Waals surface area contributed by atoms with Crippen molar-refractivity contribution in [1.29, 1.82) is 0 Å². The molecular formula is C16H16ClNO4S. The molecule has 0 spiro atoms. The van der Waals surface area contributed by atoms with E-state index in [0.29, 0.717) is 11.4 Å². The molecule has 2 N–H and O–H groups in total. The van der Waals surface area contributed by atoms with Gasteiger partial charge < -0.3 is 5.11 Å². The summed E-state index contributed by atoms with van der Waals surface area (Å²) in [5.74, 6) is -0.983. The normalized spacial score (nSPS) is 11.4. The summed E-state index contributed by atoms with van der Waals surface area (Å²) in [6.45, 7) is 2.02. The van der Waals surface area contributed by atoms with Crippen molar-refractivity contribution in [2.45, 2.75) is 18.2 Å². The highest BCUT2D eigenvalue weighted by Gasteiger charge is 2.13. The smallest absolute Gasteiger partial charge is 0.335 e. The predicted octanol–water partition coefficient (Wildman–Crippen LogP) is 2.87. The minimum Gasteiger partial charge on any atom is -0.478 e. The van der Waals surface area contributed by atoms with Crippen molar-refractivity contribution in [1.82, 2.24) is 4.72 Å². The zero-order valence-corrected chi connectivity index (χ0v) is 14.0. The zero-order chi connectivity index (χ0) is 17.0. The van der Waals surface area contributed by atoms with Crippen LogP contribution in [0.25, 0.3) is 0 Å². The fourth-order valence-corrected chi connectivity index (χ4v) is 3.28. The molecule has 0 amide bonds. The summed E-state index contributed by atoms with van der Waals surface area (Å²) >= 11 is 5.74. The molecule has 0 heterocycles. The molecule has 0 aliphatic rings. The van der Waals surface area contributed by atoms with E-state index in [2.05, 4.69) is 4.72 Å². The number of carbonyl (C=O) groups is 1. The van der Waals surface area contributed by atoms with Gasteiger partial charge in [-0.05, 0) is 60.9 Å². The second kappa shape index (κ2) is 7.12. The zero-order valence-electron chi connectivity index (χ0n) is 12.4. The van der Waals surface area contributed by atoms with E-state index in [0.717, 1.165) is 11.1 Å². The van der Waals surface area contributed by atoms with Crippen LogP contribution in [0.4, 0.5) is 0 Å². The summed E-state index contributed by atoms with van der Waals surface area (Å²) in [5, 5.41) is 9.40. The first-order chi connectivity index (χ1) is 10.8. The lowest BCUT2D eigenvalue weighted by Crippen LogP contribution is -2.26. The number of sulfonamides is 1. The standard InChI is InChI=1S/C16H16ClNO4S/c1-11-10-13(16(19)20)3-2-12(11)8-9-18-23(21,22)15-6-4-14(17)5-7-15/h2-7,10,18H,8-9H2,1H3,(H,19,20). The quantitative estimate of drug-likeness (QED) is 0.836. The Bertz CT molecular complexity index is 816. The van der Waals surface area contributed by atoms with Crippen LogP contribution in [0.3, 0.4) is 0 Å². The van der Waals surface area contributed by atoms with Gasteiger partial charge in [0, 0.05) is 11.6 Å². The van der Waals surface area contributed by atoms with Crippen molar-refractivity contribution in [2.24, 2.45) is 0 Å². The number of halogens is 1. The van der Waals surface area contributed by atoms with Gasteiger partial charge in [-0.1, -0.05) is 17.7 Å². The van der Waals surface area contributed by atoms with Crippen molar-refractivity contribution in [3.05, 3.63) is 64.2 Å². The second-order valence-corrected chi connectivity index (χ2v) is 7.25. The van der Waals surface area contributed by atoms with Gasteiger partial charge in [0.1, 0.15) is 0 Å². The van der Waals surface area contributed by atoms with Crippen LogP contribution in [0.2, 0.25) is 5.02 Å². The molecule has 2 aromatic rings. The summed E-state index contributed by atoms with van der Waals surface area (Å²) < 4.78 is 26.8. The molecule has 23 heavy (non-hydrogen) atoms. The summed E-state index contributed by atoms with van der Waals surface area (Å²) in [5.41, 5.74) is 1.93. The second-order valence-electron chi connectivity index (χ2n) is 5.05. The predicted molar refractivity (Wildman–Crippen MR) is 88.5 cm³/mol. The van der Waals surface area contributed by atoms with Crippen LogP contribution >= 0.6 is 11.6 Å². The minimum atomic E-state index is -3.58. The first kappa shape index (κ1) is 17.5. The largest absolute Gasteiger partial charge is 0.478 e. The Morgan fingerprint density at radius 2 is 1.83 bits per heavy atom. The van der Waals surface area contributed by atoms with Gasteiger partial charge in [-0.25, -0.2) is 17.9 Å². The number of rotatable bonds is 6. The Kier molecular flexibility index (Phi) is 5.41. The Balaban J connectivity index is 2.02. The van der Waals surface area contributed by atoms with Gasteiger partial charge >= 0.3 is 5.97 Å². The van der Waals surface area contributed by atoms with E-state index in [-0.39, 0.29) is 17.0 Å². The summed E-state index contributed by atoms with van der Waals surface area (Å²) in [4.78, 5) is 11.0. The Labute approximate surface area is 140 Å². The Morgan fingerprint density at radius 1 is 1.17 bits per heavy atom. The molecule has 7 heteroatoms. The molecule has 0 unspecified atom stereocenters. The van der Waals surface area contributed by atoms with Gasteiger partial charge in [0.25, 0.3) is 0 Å². The number of aryl methyl sites for hydroxylation is 1. The molecule has 0 atom stereocenters. The minimum absolute atomic E-state index is 0.153. The molecule has 0 bridgehead atoms. The van der Waals surface area contributed by atoms with Gasteiger partial charge in [0.2, 0.25) is 10.0 Å². The van der Waals surface area contributed by atoms with Crippen LogP contribution in [-0.2, 0) is 16.4 Å². The molecular weight excluding hydrogens is 338 g/mol. The van der Waals surface area contributed by atoms with E-state index < -0.39 is 16.0 Å². The average Bonchev–Trinajstić information content (AvgIpc) is 2.49. The highest BCUT2D eigenvalue weighted by atomic mass is 35.5. The van der Waals surface area contributed by atoms with Gasteiger partial charge in [0.15, 0.2) is 0 Å². The maximum Gasteiger partial charge on any atom is 0.335 e. The number of aromatic carboxylic acids is 1. The number of benzene rings is 2. The van der Waals surface area contributed by atoms with Gasteiger partial charge in [-0.2, -0.15) is 0 Å². The van der Waals surface area contributed by atoms with E-state index >= 15 is 0 Å². The maximum atomic E-state index is 12.1. The number of hydrogen-bond acceptors (Lipinski definition) is 3. The van der Waals surface area contributed by atoms with Crippen LogP contribution in [0.5, 0.6) is 0 Å². The highest BCUT2D eigenvalue weighted by molar-refractivity contribution is 7.89. The first-order valence-corrected chi connectivity index (χ1v) is 8.74. The van der Waals surface area contributed by atoms with Crippen LogP contribution in [0.1, 0.15) is 21.5 Å². The molecule has 0 radical (unpaired) electrons. The van der Waals surface area contributed by atoms with Crippen molar-refractivity contribution < 1.29 is 18.3 Å². The van der Waals surface area contributed by atoms with Crippen LogP contribution in [0, 0.1) is 6.92 Å². The molecule has 0 aliphatic heterocycles. The van der Waals surface area contributed by atoms with Crippen molar-refractivity contribution in [3.8, 4) is 0 Å². The number of carboxylic acids is 1. The maximum absolute atomic E-state index is 12.1. The van der Waals surface area contributed by atoms with Crippen molar-refractivity contribution in [3.63, 3.8) is 0 Å². The fraction of sp³-hybridized carbons (Fsp3) is 0.188. The summed E-state index contributed by atoms with van der Waals surface area (Å²) in [6, 6.07) is 10.7. The van der Waals surface area contributed by atoms with Gasteiger partial charge in [0.05, 0.1) is 10.5 Å². The van der Waals surface area contributed by atoms with Crippen LogP contribution in [0.15, 0.2) is 47.4 Å². The molecule has 2 rings (SSSR count). The lowest BCUT2D eigenvalue weighted by atomic mass is 10.0. The van der Waals surface area contributed by atoms with Gasteiger partial charge in [-0.3, -0.25) is 0 Å². The van der Waals surface area contributed by atoms with E-state index in [4.69, 9.17) is 16.7 Å². The topological polar surface area (TPSA) is 83.5 Å². The Hall–Kier alpha value is -1.89. The van der Waals surface area contributed by atoms with Crippen molar-refractivity contribution in [2.75, 3.05) is 6.54 Å². The molecule has 0 aromatic heterocycles. The van der Waals surface area contributed by atoms with Gasteiger partial charge in [-0.15, -0.1) is 0 Å². The fourth-order valence-electron chi connectivity index (χ4n) is 2.13. The third-order valence-corrected chi connectivity index (χ3v) is 5.13. The Morgan fingerprint density at radius 3 is 2.39 bits per heavy atom. The lowest BCUT2D eigenvalue weighted by Gasteiger charge is -2.09. The van der Waals surface area contributed by atoms with E-state index in [9.17, 15) is 13.2 Å². The van der Waals surface area contributed by atoms with E-state index in [1.54, 1.807) is 19.1 Å². The number of nitrogens with one attached hydrogen (secondary N) is 1. The molecule has 0 fully saturated rings. The molecule has 0 saturated carbocycles. The third kappa shape index (κ3) is 4.54. The van der Waals surface area contributed by atoms with E-state index in [1.165, 1.54) is 30.3 Å².